The number of hydrogen-bond acceptors (Lipinski definition) is 5. The first-order chi connectivity index (χ1) is 8.78. The average molecular weight is 288 g/mol. The number of carbonyl (C=O) groups is 1. The Morgan fingerprint density at radius 3 is 2.74 bits per heavy atom. The highest BCUT2D eigenvalue weighted by molar-refractivity contribution is 7.90. The maximum Gasteiger partial charge on any atom is 0.237 e. The molecule has 2 unspecified atom stereocenters. The first-order valence-electron chi connectivity index (χ1n) is 5.99. The Labute approximate surface area is 113 Å². The molecule has 1 heterocycles. The van der Waals surface area contributed by atoms with Crippen LogP contribution >= 0.6 is 0 Å². The number of nitrogens with zero attached hydrogens (tertiary/aromatic N) is 2. The van der Waals surface area contributed by atoms with Gasteiger partial charge in [0.1, 0.15) is 9.84 Å². The van der Waals surface area contributed by atoms with Crippen LogP contribution in [-0.2, 0) is 21.2 Å². The Balaban J connectivity index is 2.37. The summed E-state index contributed by atoms with van der Waals surface area (Å²) in [5, 5.41) is 6.77. The summed E-state index contributed by atoms with van der Waals surface area (Å²) in [5.74, 6) is -0.432. The summed E-state index contributed by atoms with van der Waals surface area (Å²) in [7, 11) is -3.10. The zero-order chi connectivity index (χ0) is 14.5. The molecule has 7 nitrogen and oxygen atoms in total. The van der Waals surface area contributed by atoms with Crippen molar-refractivity contribution in [1.82, 2.24) is 15.1 Å². The fourth-order valence-electron chi connectivity index (χ4n) is 1.56. The van der Waals surface area contributed by atoms with Gasteiger partial charge >= 0.3 is 0 Å². The third-order valence-electron chi connectivity index (χ3n) is 2.55. The summed E-state index contributed by atoms with van der Waals surface area (Å²) in [6.07, 6.45) is 4.70. The normalized spacial score (nSPS) is 14.9. The Hall–Kier alpha value is -1.41. The van der Waals surface area contributed by atoms with E-state index in [1.54, 1.807) is 23.1 Å². The van der Waals surface area contributed by atoms with Gasteiger partial charge in [0.25, 0.3) is 0 Å². The van der Waals surface area contributed by atoms with E-state index in [2.05, 4.69) is 10.4 Å². The lowest BCUT2D eigenvalue weighted by atomic mass is 10.2. The number of hydrogen-bond donors (Lipinski definition) is 2. The lowest BCUT2D eigenvalue weighted by Gasteiger charge is -2.17. The SMILES string of the molecule is CC(Cn1cccn1)NC(=O)C(N)CCS(C)(=O)=O. The van der Waals surface area contributed by atoms with E-state index in [0.717, 1.165) is 6.26 Å². The molecule has 0 saturated carbocycles. The predicted octanol–water partition coefficient (Wildman–Crippen LogP) is -0.850. The van der Waals surface area contributed by atoms with E-state index in [1.807, 2.05) is 6.92 Å². The van der Waals surface area contributed by atoms with Crippen LogP contribution < -0.4 is 11.1 Å². The van der Waals surface area contributed by atoms with Crippen molar-refractivity contribution < 1.29 is 13.2 Å². The summed E-state index contributed by atoms with van der Waals surface area (Å²) >= 11 is 0. The zero-order valence-electron chi connectivity index (χ0n) is 11.1. The van der Waals surface area contributed by atoms with Crippen LogP contribution in [0.5, 0.6) is 0 Å². The predicted molar refractivity (Wildman–Crippen MR) is 72.1 cm³/mol. The molecule has 19 heavy (non-hydrogen) atoms. The largest absolute Gasteiger partial charge is 0.350 e. The molecule has 1 amide bonds. The smallest absolute Gasteiger partial charge is 0.237 e. The number of carbonyl (C=O) groups excluding carboxylic acids is 1. The van der Waals surface area contributed by atoms with Crippen LogP contribution in [0, 0.1) is 0 Å². The van der Waals surface area contributed by atoms with Gasteiger partial charge in [-0.15, -0.1) is 0 Å². The van der Waals surface area contributed by atoms with E-state index >= 15 is 0 Å². The van der Waals surface area contributed by atoms with Crippen LogP contribution in [0.15, 0.2) is 18.5 Å². The number of amides is 1. The molecule has 0 fully saturated rings. The molecule has 108 valence electrons. The van der Waals surface area contributed by atoms with Gasteiger partial charge in [0, 0.05) is 24.7 Å². The number of nitrogens with one attached hydrogen (secondary N) is 1. The van der Waals surface area contributed by atoms with Gasteiger partial charge < -0.3 is 11.1 Å². The first kappa shape index (κ1) is 15.6. The van der Waals surface area contributed by atoms with Crippen molar-refractivity contribution in [2.75, 3.05) is 12.0 Å². The molecular formula is C11H20N4O3S. The van der Waals surface area contributed by atoms with E-state index in [0.29, 0.717) is 6.54 Å². The van der Waals surface area contributed by atoms with Crippen LogP contribution in [-0.4, -0.2) is 48.2 Å². The van der Waals surface area contributed by atoms with E-state index in [4.69, 9.17) is 5.73 Å². The van der Waals surface area contributed by atoms with Crippen molar-refractivity contribution in [3.8, 4) is 0 Å². The monoisotopic (exact) mass is 288 g/mol. The molecule has 0 aliphatic heterocycles. The van der Waals surface area contributed by atoms with Gasteiger partial charge in [0.05, 0.1) is 18.3 Å². The molecule has 1 aromatic heterocycles. The van der Waals surface area contributed by atoms with E-state index in [-0.39, 0.29) is 24.1 Å². The second-order valence-corrected chi connectivity index (χ2v) is 6.92. The molecule has 1 rings (SSSR count). The molecule has 0 saturated heterocycles. The molecule has 3 N–H and O–H groups in total. The molecule has 2 atom stereocenters. The summed E-state index contributed by atoms with van der Waals surface area (Å²) in [5.41, 5.74) is 5.65. The number of sulfone groups is 1. The van der Waals surface area contributed by atoms with Gasteiger partial charge in [-0.05, 0) is 19.4 Å². The Morgan fingerprint density at radius 2 is 2.21 bits per heavy atom. The lowest BCUT2D eigenvalue weighted by molar-refractivity contribution is -0.123. The minimum absolute atomic E-state index is 0.0882. The molecule has 1 aromatic rings. The maximum atomic E-state index is 11.7. The summed E-state index contributed by atoms with van der Waals surface area (Å²) in [6, 6.07) is 0.860. The van der Waals surface area contributed by atoms with Crippen LogP contribution in [0.4, 0.5) is 0 Å². The zero-order valence-corrected chi connectivity index (χ0v) is 11.9. The second-order valence-electron chi connectivity index (χ2n) is 4.66. The standard InChI is InChI=1S/C11H20N4O3S/c1-9(8-15-6-3-5-13-15)14-11(16)10(12)4-7-19(2,17)18/h3,5-6,9-10H,4,7-8,12H2,1-2H3,(H,14,16). The van der Waals surface area contributed by atoms with Gasteiger partial charge in [-0.3, -0.25) is 9.48 Å². The number of rotatable bonds is 7. The van der Waals surface area contributed by atoms with Crippen molar-refractivity contribution in [1.29, 1.82) is 0 Å². The summed E-state index contributed by atoms with van der Waals surface area (Å²) < 4.78 is 23.7. The van der Waals surface area contributed by atoms with Crippen molar-refractivity contribution in [2.24, 2.45) is 5.73 Å². The molecule has 0 aliphatic carbocycles. The fraction of sp³-hybridized carbons (Fsp3) is 0.636. The third kappa shape index (κ3) is 6.35. The maximum absolute atomic E-state index is 11.7. The van der Waals surface area contributed by atoms with Crippen molar-refractivity contribution in [3.63, 3.8) is 0 Å². The fourth-order valence-corrected chi connectivity index (χ4v) is 2.24. The highest BCUT2D eigenvalue weighted by Crippen LogP contribution is 1.96. The van der Waals surface area contributed by atoms with Gasteiger partial charge in [-0.25, -0.2) is 8.42 Å². The Bertz CT molecular complexity index is 498. The van der Waals surface area contributed by atoms with Gasteiger partial charge in [-0.1, -0.05) is 0 Å². The summed E-state index contributed by atoms with van der Waals surface area (Å²) in [4.78, 5) is 11.7. The third-order valence-corrected chi connectivity index (χ3v) is 3.52. The molecule has 0 aliphatic rings. The number of aromatic nitrogens is 2. The molecule has 0 spiro atoms. The van der Waals surface area contributed by atoms with E-state index in [9.17, 15) is 13.2 Å². The number of nitrogens with two attached hydrogens (primary N) is 1. The van der Waals surface area contributed by atoms with Crippen LogP contribution in [0.25, 0.3) is 0 Å². The van der Waals surface area contributed by atoms with E-state index in [1.165, 1.54) is 0 Å². The minimum Gasteiger partial charge on any atom is -0.350 e. The quantitative estimate of drug-likeness (QED) is 0.679. The lowest BCUT2D eigenvalue weighted by Crippen LogP contribution is -2.46. The average Bonchev–Trinajstić information content (AvgIpc) is 2.77. The van der Waals surface area contributed by atoms with Crippen molar-refractivity contribution in [2.45, 2.75) is 32.0 Å². The molecule has 0 aromatic carbocycles. The molecule has 0 radical (unpaired) electrons. The molecular weight excluding hydrogens is 268 g/mol. The van der Waals surface area contributed by atoms with Gasteiger partial charge in [-0.2, -0.15) is 5.10 Å². The second kappa shape index (κ2) is 6.67. The first-order valence-corrected chi connectivity index (χ1v) is 8.05. The van der Waals surface area contributed by atoms with Crippen LogP contribution in [0.1, 0.15) is 13.3 Å². The highest BCUT2D eigenvalue weighted by Gasteiger charge is 2.17. The Morgan fingerprint density at radius 1 is 1.53 bits per heavy atom. The highest BCUT2D eigenvalue weighted by atomic mass is 32.2. The molecule has 8 heteroatoms. The van der Waals surface area contributed by atoms with Gasteiger partial charge in [0.2, 0.25) is 5.91 Å². The van der Waals surface area contributed by atoms with Crippen LogP contribution in [0.2, 0.25) is 0 Å². The topological polar surface area (TPSA) is 107 Å². The van der Waals surface area contributed by atoms with Gasteiger partial charge in [0.15, 0.2) is 0 Å². The molecule has 0 bridgehead atoms. The van der Waals surface area contributed by atoms with Crippen molar-refractivity contribution in [3.05, 3.63) is 18.5 Å². The summed E-state index contributed by atoms with van der Waals surface area (Å²) in [6.45, 7) is 2.38. The van der Waals surface area contributed by atoms with Crippen LogP contribution in [0.3, 0.4) is 0 Å². The Kier molecular flexibility index (Phi) is 5.49. The minimum atomic E-state index is -3.10. The van der Waals surface area contributed by atoms with Crippen molar-refractivity contribution >= 4 is 15.7 Å². The van der Waals surface area contributed by atoms with E-state index < -0.39 is 15.9 Å².